The Balaban J connectivity index is 1.89. The van der Waals surface area contributed by atoms with Crippen molar-refractivity contribution < 1.29 is 9.53 Å². The van der Waals surface area contributed by atoms with Crippen LogP contribution in [0.15, 0.2) is 24.3 Å². The molecule has 0 aliphatic carbocycles. The van der Waals surface area contributed by atoms with Crippen molar-refractivity contribution in [2.45, 2.75) is 38.3 Å². The number of amides is 1. The van der Waals surface area contributed by atoms with E-state index in [-0.39, 0.29) is 17.9 Å². The Bertz CT molecular complexity index is 517. The van der Waals surface area contributed by atoms with Gasteiger partial charge in [-0.2, -0.15) is 0 Å². The number of fused-ring (bicyclic) bond motifs is 1. The molecule has 1 aromatic carbocycles. The smallest absolute Gasteiger partial charge is 0.232 e. The van der Waals surface area contributed by atoms with Crippen LogP contribution < -0.4 is 10.2 Å². The number of hydrogen-bond donors (Lipinski definition) is 1. The normalized spacial score (nSPS) is 29.0. The molecule has 114 valence electrons. The maximum absolute atomic E-state index is 12.9. The number of hydrogen-bond acceptors (Lipinski definition) is 3. The quantitative estimate of drug-likeness (QED) is 0.909. The molecule has 3 unspecified atom stereocenters. The van der Waals surface area contributed by atoms with Gasteiger partial charge < -0.3 is 15.0 Å². The predicted octanol–water partition coefficient (Wildman–Crippen LogP) is 2.50. The largest absolute Gasteiger partial charge is 0.378 e. The third-order valence-electron chi connectivity index (χ3n) is 4.64. The Morgan fingerprint density at radius 3 is 2.90 bits per heavy atom. The van der Waals surface area contributed by atoms with Gasteiger partial charge in [0.1, 0.15) is 0 Å². The van der Waals surface area contributed by atoms with Gasteiger partial charge in [0.2, 0.25) is 5.91 Å². The van der Waals surface area contributed by atoms with E-state index >= 15 is 0 Å². The molecule has 0 radical (unpaired) electrons. The third kappa shape index (κ3) is 2.83. The molecular weight excluding hydrogens is 264 g/mol. The summed E-state index contributed by atoms with van der Waals surface area (Å²) in [5.41, 5.74) is 2.30. The van der Waals surface area contributed by atoms with E-state index in [2.05, 4.69) is 23.5 Å². The Morgan fingerprint density at radius 1 is 1.38 bits per heavy atom. The van der Waals surface area contributed by atoms with Gasteiger partial charge in [-0.15, -0.1) is 0 Å². The first kappa shape index (κ1) is 14.5. The number of carbonyl (C=O) groups is 1. The lowest BCUT2D eigenvalue weighted by atomic mass is 10.0. The molecule has 0 saturated carbocycles. The first-order valence-electron chi connectivity index (χ1n) is 7.90. The van der Waals surface area contributed by atoms with E-state index in [1.165, 1.54) is 5.56 Å². The molecule has 3 rings (SSSR count). The van der Waals surface area contributed by atoms with Crippen LogP contribution in [0.4, 0.5) is 5.69 Å². The number of nitrogens with zero attached hydrogens (tertiary/aromatic N) is 1. The molecule has 0 spiro atoms. The van der Waals surface area contributed by atoms with Crippen LogP contribution >= 0.6 is 0 Å². The highest BCUT2D eigenvalue weighted by atomic mass is 16.5. The third-order valence-corrected chi connectivity index (χ3v) is 4.64. The topological polar surface area (TPSA) is 41.6 Å². The zero-order chi connectivity index (χ0) is 14.8. The summed E-state index contributed by atoms with van der Waals surface area (Å²) in [6.45, 7) is 3.41. The van der Waals surface area contributed by atoms with E-state index in [0.29, 0.717) is 12.6 Å². The number of ether oxygens (including phenoxy) is 1. The van der Waals surface area contributed by atoms with Crippen LogP contribution in [0.3, 0.4) is 0 Å². The van der Waals surface area contributed by atoms with Crippen molar-refractivity contribution in [3.63, 3.8) is 0 Å². The number of rotatable bonds is 2. The monoisotopic (exact) mass is 288 g/mol. The predicted molar refractivity (Wildman–Crippen MR) is 83.4 cm³/mol. The second kappa shape index (κ2) is 6.16. The molecule has 1 amide bonds. The fraction of sp³-hybridized carbons (Fsp3) is 0.588. The van der Waals surface area contributed by atoms with Crippen molar-refractivity contribution in [1.29, 1.82) is 0 Å². The fourth-order valence-electron chi connectivity index (χ4n) is 3.50. The van der Waals surface area contributed by atoms with E-state index in [1.807, 2.05) is 24.9 Å². The van der Waals surface area contributed by atoms with Crippen LogP contribution in [-0.4, -0.2) is 32.2 Å². The SMILES string of the molecule is CNC1CCCN(C(=O)C2COC(C)C2)c2ccccc21. The lowest BCUT2D eigenvalue weighted by Gasteiger charge is -2.26. The Hall–Kier alpha value is -1.39. The molecule has 3 atom stereocenters. The number of para-hydroxylation sites is 1. The van der Waals surface area contributed by atoms with E-state index in [4.69, 9.17) is 4.74 Å². The highest BCUT2D eigenvalue weighted by Gasteiger charge is 2.34. The van der Waals surface area contributed by atoms with Gasteiger partial charge in [-0.1, -0.05) is 18.2 Å². The zero-order valence-corrected chi connectivity index (χ0v) is 12.8. The van der Waals surface area contributed by atoms with E-state index in [0.717, 1.165) is 31.5 Å². The molecule has 2 aliphatic rings. The van der Waals surface area contributed by atoms with Crippen LogP contribution in [0.5, 0.6) is 0 Å². The fourth-order valence-corrected chi connectivity index (χ4v) is 3.50. The first-order valence-corrected chi connectivity index (χ1v) is 7.90. The second-order valence-corrected chi connectivity index (χ2v) is 6.11. The van der Waals surface area contributed by atoms with Gasteiger partial charge in [0.25, 0.3) is 0 Å². The van der Waals surface area contributed by atoms with Gasteiger partial charge in [0, 0.05) is 18.3 Å². The Labute approximate surface area is 126 Å². The van der Waals surface area contributed by atoms with Crippen LogP contribution in [0.1, 0.15) is 37.8 Å². The van der Waals surface area contributed by atoms with Crippen molar-refractivity contribution in [3.8, 4) is 0 Å². The summed E-state index contributed by atoms with van der Waals surface area (Å²) in [4.78, 5) is 14.9. The Kier molecular flexibility index (Phi) is 4.27. The maximum atomic E-state index is 12.9. The minimum Gasteiger partial charge on any atom is -0.378 e. The molecule has 21 heavy (non-hydrogen) atoms. The molecule has 2 heterocycles. The van der Waals surface area contributed by atoms with Gasteiger partial charge in [0.05, 0.1) is 18.6 Å². The summed E-state index contributed by atoms with van der Waals surface area (Å²) < 4.78 is 5.58. The molecular formula is C17H24N2O2. The summed E-state index contributed by atoms with van der Waals surface area (Å²) in [5, 5.41) is 3.37. The van der Waals surface area contributed by atoms with Gasteiger partial charge in [-0.05, 0) is 44.9 Å². The lowest BCUT2D eigenvalue weighted by molar-refractivity contribution is -0.122. The molecule has 1 fully saturated rings. The maximum Gasteiger partial charge on any atom is 0.232 e. The van der Waals surface area contributed by atoms with Gasteiger partial charge in [-0.3, -0.25) is 4.79 Å². The van der Waals surface area contributed by atoms with Crippen LogP contribution in [-0.2, 0) is 9.53 Å². The molecule has 0 aromatic heterocycles. The molecule has 0 bridgehead atoms. The molecule has 4 nitrogen and oxygen atoms in total. The van der Waals surface area contributed by atoms with Crippen LogP contribution in [0, 0.1) is 5.92 Å². The molecule has 1 saturated heterocycles. The summed E-state index contributed by atoms with van der Waals surface area (Å²) >= 11 is 0. The summed E-state index contributed by atoms with van der Waals surface area (Å²) in [5.74, 6) is 0.239. The minimum absolute atomic E-state index is 0.0131. The number of nitrogens with one attached hydrogen (secondary N) is 1. The van der Waals surface area contributed by atoms with Crippen LogP contribution in [0.2, 0.25) is 0 Å². The van der Waals surface area contributed by atoms with Crippen molar-refractivity contribution >= 4 is 11.6 Å². The molecule has 2 aliphatic heterocycles. The highest BCUT2D eigenvalue weighted by molar-refractivity contribution is 5.96. The van der Waals surface area contributed by atoms with Gasteiger partial charge >= 0.3 is 0 Å². The number of carbonyl (C=O) groups excluding carboxylic acids is 1. The van der Waals surface area contributed by atoms with Gasteiger partial charge in [0.15, 0.2) is 0 Å². The van der Waals surface area contributed by atoms with Gasteiger partial charge in [-0.25, -0.2) is 0 Å². The van der Waals surface area contributed by atoms with Crippen molar-refractivity contribution in [2.24, 2.45) is 5.92 Å². The summed E-state index contributed by atoms with van der Waals surface area (Å²) in [7, 11) is 1.99. The van der Waals surface area contributed by atoms with Crippen molar-refractivity contribution in [3.05, 3.63) is 29.8 Å². The molecule has 4 heteroatoms. The van der Waals surface area contributed by atoms with Crippen LogP contribution in [0.25, 0.3) is 0 Å². The molecule has 1 aromatic rings. The summed E-state index contributed by atoms with van der Waals surface area (Å²) in [6, 6.07) is 8.61. The average Bonchev–Trinajstić information content (AvgIpc) is 2.84. The van der Waals surface area contributed by atoms with Crippen molar-refractivity contribution in [1.82, 2.24) is 5.32 Å². The lowest BCUT2D eigenvalue weighted by Crippen LogP contribution is -2.37. The van der Waals surface area contributed by atoms with E-state index < -0.39 is 0 Å². The van der Waals surface area contributed by atoms with E-state index in [9.17, 15) is 4.79 Å². The average molecular weight is 288 g/mol. The second-order valence-electron chi connectivity index (χ2n) is 6.11. The number of anilines is 1. The first-order chi connectivity index (χ1) is 10.2. The Morgan fingerprint density at radius 2 is 2.19 bits per heavy atom. The number of benzene rings is 1. The molecule has 1 N–H and O–H groups in total. The zero-order valence-electron chi connectivity index (χ0n) is 12.8. The minimum atomic E-state index is 0.0131. The standard InChI is InChI=1S/C17H24N2O2/c1-12-10-13(11-21-12)17(20)19-9-5-7-15(18-2)14-6-3-4-8-16(14)19/h3-4,6,8,12-13,15,18H,5,7,9-11H2,1-2H3. The highest BCUT2D eigenvalue weighted by Crippen LogP contribution is 2.34. The van der Waals surface area contributed by atoms with E-state index in [1.54, 1.807) is 0 Å². The van der Waals surface area contributed by atoms with Crippen molar-refractivity contribution in [2.75, 3.05) is 25.1 Å². The summed E-state index contributed by atoms with van der Waals surface area (Å²) in [6.07, 6.45) is 3.13.